The fourth-order valence-corrected chi connectivity index (χ4v) is 3.77. The molecule has 0 radical (unpaired) electrons. The fourth-order valence-electron chi connectivity index (χ4n) is 2.33. The van der Waals surface area contributed by atoms with Gasteiger partial charge in [-0.05, 0) is 112 Å². The quantitative estimate of drug-likeness (QED) is 0.0410. The summed E-state index contributed by atoms with van der Waals surface area (Å²) in [6, 6.07) is 7.95. The van der Waals surface area contributed by atoms with Crippen molar-refractivity contribution in [3.63, 3.8) is 0 Å². The zero-order valence-electron chi connectivity index (χ0n) is 26.3. The molecule has 0 aliphatic carbocycles. The van der Waals surface area contributed by atoms with E-state index >= 15 is 0 Å². The van der Waals surface area contributed by atoms with Crippen molar-refractivity contribution in [1.29, 1.82) is 10.5 Å². The Labute approximate surface area is 335 Å². The average molecular weight is 940 g/mol. The van der Waals surface area contributed by atoms with Gasteiger partial charge in [-0.1, -0.05) is 7.43 Å². The molecule has 0 fully saturated rings. The summed E-state index contributed by atoms with van der Waals surface area (Å²) in [5, 5.41) is 24.0. The molecule has 0 atom stereocenters. The Balaban J connectivity index is -0.000000121. The monoisotopic (exact) mass is 937 g/mol. The number of alkyl halides is 6. The third-order valence-electron chi connectivity index (χ3n) is 4.63. The van der Waals surface area contributed by atoms with Crippen LogP contribution in [0.1, 0.15) is 46.9 Å². The molecule has 21 heteroatoms. The van der Waals surface area contributed by atoms with E-state index in [0.29, 0.717) is 5.69 Å². The molecule has 3 aromatic heterocycles. The average Bonchev–Trinajstić information content (AvgIpc) is 2.92. The Morgan fingerprint density at radius 1 is 0.857 bits per heavy atom. The maximum Gasteiger partial charge on any atom is 1.00 e. The van der Waals surface area contributed by atoms with Gasteiger partial charge < -0.3 is 36.4 Å². The third-order valence-corrected chi connectivity index (χ3v) is 7.04. The van der Waals surface area contributed by atoms with Crippen LogP contribution in [0.15, 0.2) is 44.0 Å². The minimum Gasteiger partial charge on any atom is -1.51 e. The first-order valence-electron chi connectivity index (χ1n) is 11.6. The van der Waals surface area contributed by atoms with Gasteiger partial charge in [0.1, 0.15) is 11.8 Å². The van der Waals surface area contributed by atoms with Crippen molar-refractivity contribution in [2.75, 3.05) is 0 Å². The summed E-state index contributed by atoms with van der Waals surface area (Å²) in [5.74, 6) is -6.40. The van der Waals surface area contributed by atoms with E-state index in [2.05, 4.69) is 68.6 Å². The second kappa shape index (κ2) is 27.9. The summed E-state index contributed by atoms with van der Waals surface area (Å²) in [4.78, 5) is 27.5. The van der Waals surface area contributed by atoms with Crippen LogP contribution < -0.4 is 34.3 Å². The number of hydrogen-bond donors (Lipinski definition) is 1. The van der Waals surface area contributed by atoms with Crippen LogP contribution >= 0.6 is 67.6 Å². The molecule has 268 valence electrons. The number of aryl methyl sites for hydroxylation is 5. The fraction of sp³-hybridized carbons (Fsp3) is 0.321. The van der Waals surface area contributed by atoms with E-state index in [0.717, 1.165) is 46.4 Å². The van der Waals surface area contributed by atoms with Crippen LogP contribution in [0, 0.1) is 64.7 Å². The Morgan fingerprint density at radius 2 is 1.27 bits per heavy atom. The molecule has 0 unspecified atom stereocenters. The van der Waals surface area contributed by atoms with Gasteiger partial charge in [0.15, 0.2) is 0 Å². The molecule has 1 N–H and O–H groups in total. The van der Waals surface area contributed by atoms with E-state index in [1.165, 1.54) is 5.56 Å². The maximum atomic E-state index is 11.2. The molecule has 0 amide bonds. The number of ether oxygens (including phenoxy) is 1. The summed E-state index contributed by atoms with van der Waals surface area (Å²) in [7, 11) is 0. The first-order chi connectivity index (χ1) is 20.5. The standard InChI is InChI=1S/C8H7BrN2.C7H9BrNO.C7H8BrN.C4F6O3.CN.CH4.Na.H2P.HP/c1-5-3-7(9)6(2)11-8(5)4-10;1-5-3-7(8)6(2)9(10)4-5;1-5-3-7(8)6(2)9-4-5;5-3(6,7)1(11)13-2(12)4(8,9)10;1-2;;;;/h3H,1-2H3;3-4,10H,1-2H3;3-4H,1-2H3;;;1H4;;1H2;1H/q;+1;;;-1;;+1;-1;-2. The summed E-state index contributed by atoms with van der Waals surface area (Å²) in [6.07, 6.45) is -7.72. The van der Waals surface area contributed by atoms with Crippen LogP contribution in [0.4, 0.5) is 26.3 Å². The van der Waals surface area contributed by atoms with Crippen molar-refractivity contribution in [3.05, 3.63) is 90.0 Å². The minimum atomic E-state index is -5.62. The number of rotatable bonds is 0. The molecular formula is C28H31Br3F6N5NaO4P2-2. The van der Waals surface area contributed by atoms with E-state index in [9.17, 15) is 35.9 Å². The Bertz CT molecular complexity index is 1520. The van der Waals surface area contributed by atoms with Crippen LogP contribution in [0.25, 0.3) is 0 Å². The summed E-state index contributed by atoms with van der Waals surface area (Å²) >= 11 is 10.0. The zero-order chi connectivity index (χ0) is 35.9. The van der Waals surface area contributed by atoms with Gasteiger partial charge >= 0.3 is 53.8 Å². The van der Waals surface area contributed by atoms with Crippen molar-refractivity contribution >= 4 is 79.5 Å². The summed E-state index contributed by atoms with van der Waals surface area (Å²) in [5.41, 5.74) is 6.33. The smallest absolute Gasteiger partial charge is 1.00 e. The molecule has 0 spiro atoms. The van der Waals surface area contributed by atoms with Gasteiger partial charge in [-0.15, -0.1) is 0 Å². The van der Waals surface area contributed by atoms with E-state index < -0.39 is 24.3 Å². The molecule has 49 heavy (non-hydrogen) atoms. The summed E-state index contributed by atoms with van der Waals surface area (Å²) in [6.45, 7) is 16.3. The predicted molar refractivity (Wildman–Crippen MR) is 181 cm³/mol. The van der Waals surface area contributed by atoms with Crippen LogP contribution in [0.3, 0.4) is 0 Å². The largest absolute Gasteiger partial charge is 1.51 e. The number of aromatic nitrogens is 3. The van der Waals surface area contributed by atoms with Gasteiger partial charge in [-0.3, -0.25) is 10.2 Å². The van der Waals surface area contributed by atoms with Gasteiger partial charge in [0.05, 0.1) is 15.9 Å². The molecule has 0 aromatic carbocycles. The van der Waals surface area contributed by atoms with Crippen LogP contribution in [0.2, 0.25) is 0 Å². The second-order valence-electron chi connectivity index (χ2n) is 8.38. The first kappa shape index (κ1) is 59.4. The number of nitriles is 1. The minimum absolute atomic E-state index is 0. The number of carbonyl (C=O) groups excluding carboxylic acids is 2. The van der Waals surface area contributed by atoms with Gasteiger partial charge in [-0.2, -0.15) is 31.6 Å². The molecule has 0 aliphatic heterocycles. The van der Waals surface area contributed by atoms with Gasteiger partial charge in [0.25, 0.3) is 0 Å². The van der Waals surface area contributed by atoms with Crippen molar-refractivity contribution in [3.8, 4) is 6.07 Å². The SMILES string of the molecule is C.Cc1cc(Br)c(C)[n+](O)c1.Cc1cc(Br)c(C)nc1C#N.Cc1cnc(C)c(Br)c1.O=C(OC(=O)C(F)(F)F)C(F)(F)F.[C-]#N.[Na+].[PH-2].[PH2-]. The second-order valence-corrected chi connectivity index (χ2v) is 10.9. The molecular weight excluding hydrogens is 909 g/mol. The van der Waals surface area contributed by atoms with Crippen LogP contribution in [-0.4, -0.2) is 39.5 Å². The maximum absolute atomic E-state index is 11.2. The van der Waals surface area contributed by atoms with Crippen molar-refractivity contribution in [2.24, 2.45) is 0 Å². The first-order valence-corrected chi connectivity index (χ1v) is 14.0. The van der Waals surface area contributed by atoms with Gasteiger partial charge in [-0.25, -0.2) is 14.6 Å². The van der Waals surface area contributed by atoms with E-state index in [1.54, 1.807) is 6.20 Å². The molecule has 0 bridgehead atoms. The zero-order valence-corrected chi connectivity index (χ0v) is 35.2. The van der Waals surface area contributed by atoms with E-state index in [1.807, 2.05) is 65.9 Å². The summed E-state index contributed by atoms with van der Waals surface area (Å²) < 4.78 is 73.7. The van der Waals surface area contributed by atoms with Gasteiger partial charge in [0.2, 0.25) is 11.9 Å². The van der Waals surface area contributed by atoms with Crippen molar-refractivity contribution in [1.82, 2.24) is 9.97 Å². The van der Waals surface area contributed by atoms with E-state index in [-0.39, 0.29) is 56.8 Å². The van der Waals surface area contributed by atoms with Crippen LogP contribution in [0.5, 0.6) is 0 Å². The normalized spacial score (nSPS) is 9.22. The number of halogens is 9. The number of hydrogen-bond acceptors (Lipinski definition) is 8. The molecule has 0 aliphatic rings. The number of carbonyl (C=O) groups is 2. The molecule has 0 saturated heterocycles. The van der Waals surface area contributed by atoms with E-state index in [4.69, 9.17) is 22.3 Å². The molecule has 3 heterocycles. The number of pyridine rings is 3. The Hall–Kier alpha value is -1.75. The van der Waals surface area contributed by atoms with Crippen molar-refractivity contribution < 1.29 is 80.2 Å². The Morgan fingerprint density at radius 3 is 1.61 bits per heavy atom. The van der Waals surface area contributed by atoms with Crippen LogP contribution in [-0.2, 0) is 14.3 Å². The molecule has 9 nitrogen and oxygen atoms in total. The number of esters is 2. The molecule has 0 saturated carbocycles. The van der Waals surface area contributed by atoms with Gasteiger partial charge in [0, 0.05) is 32.4 Å². The predicted octanol–water partition coefficient (Wildman–Crippen LogP) is 6.22. The Kier molecular flexibility index (Phi) is 33.8. The topological polar surface area (TPSA) is 141 Å². The molecule has 3 rings (SSSR count). The third kappa shape index (κ3) is 24.1. The number of nitrogens with zero attached hydrogens (tertiary/aromatic N) is 5. The van der Waals surface area contributed by atoms with Crippen molar-refractivity contribution in [2.45, 2.75) is 61.3 Å². The molecule has 3 aromatic rings.